The zero-order chi connectivity index (χ0) is 15.1. The van der Waals surface area contributed by atoms with Crippen molar-refractivity contribution in [2.24, 2.45) is 0 Å². The van der Waals surface area contributed by atoms with Crippen LogP contribution in [-0.4, -0.2) is 38.4 Å². The van der Waals surface area contributed by atoms with Gasteiger partial charge >= 0.3 is 5.97 Å². The lowest BCUT2D eigenvalue weighted by Crippen LogP contribution is -2.28. The first-order valence-electron chi connectivity index (χ1n) is 7.38. The quantitative estimate of drug-likeness (QED) is 0.817. The highest BCUT2D eigenvalue weighted by Gasteiger charge is 2.17. The van der Waals surface area contributed by atoms with Crippen LogP contribution in [0, 0.1) is 0 Å². The minimum Gasteiger partial charge on any atom is -0.489 e. The van der Waals surface area contributed by atoms with Crippen molar-refractivity contribution in [3.8, 4) is 5.75 Å². The van der Waals surface area contributed by atoms with Crippen LogP contribution in [-0.2, 0) is 14.3 Å². The van der Waals surface area contributed by atoms with Crippen LogP contribution in [0.3, 0.4) is 0 Å². The molecule has 2 atom stereocenters. The average molecular weight is 293 g/mol. The maximum atomic E-state index is 11.5. The molecule has 2 rings (SSSR count). The van der Waals surface area contributed by atoms with Crippen molar-refractivity contribution < 1.29 is 19.0 Å². The van der Waals surface area contributed by atoms with Crippen LogP contribution in [0.5, 0.6) is 5.75 Å². The molecule has 0 aromatic heterocycles. The smallest absolute Gasteiger partial charge is 0.327 e. The number of nitrogens with one attached hydrogen (secondary N) is 1. The lowest BCUT2D eigenvalue weighted by molar-refractivity contribution is -0.141. The molecule has 5 nitrogen and oxygen atoms in total. The first-order valence-corrected chi connectivity index (χ1v) is 7.38. The fraction of sp³-hybridized carbons (Fsp3) is 0.562. The number of ether oxygens (including phenoxy) is 3. The summed E-state index contributed by atoms with van der Waals surface area (Å²) in [5, 5.41) is 3.11. The Morgan fingerprint density at radius 3 is 2.95 bits per heavy atom. The molecule has 1 aromatic rings. The zero-order valence-corrected chi connectivity index (χ0v) is 12.6. The molecule has 1 aliphatic heterocycles. The second kappa shape index (κ2) is 7.88. The first-order chi connectivity index (χ1) is 10.2. The maximum Gasteiger partial charge on any atom is 0.327 e. The van der Waals surface area contributed by atoms with Crippen LogP contribution in [0.4, 0.5) is 5.69 Å². The van der Waals surface area contributed by atoms with Gasteiger partial charge in [-0.3, -0.25) is 0 Å². The highest BCUT2D eigenvalue weighted by molar-refractivity contribution is 5.79. The Hall–Kier alpha value is -1.75. The number of esters is 1. The minimum absolute atomic E-state index is 0.157. The highest BCUT2D eigenvalue weighted by atomic mass is 16.5. The van der Waals surface area contributed by atoms with E-state index in [1.54, 1.807) is 6.92 Å². The second-order valence-corrected chi connectivity index (χ2v) is 5.18. The van der Waals surface area contributed by atoms with Crippen molar-refractivity contribution >= 4 is 11.7 Å². The molecule has 5 heteroatoms. The van der Waals surface area contributed by atoms with E-state index < -0.39 is 6.04 Å². The van der Waals surface area contributed by atoms with Crippen molar-refractivity contribution in [2.45, 2.75) is 38.3 Å². The molecule has 1 fully saturated rings. The van der Waals surface area contributed by atoms with Crippen LogP contribution >= 0.6 is 0 Å². The molecule has 21 heavy (non-hydrogen) atoms. The fourth-order valence-corrected chi connectivity index (χ4v) is 2.30. The second-order valence-electron chi connectivity index (χ2n) is 5.18. The van der Waals surface area contributed by atoms with Crippen LogP contribution in [0.25, 0.3) is 0 Å². The van der Waals surface area contributed by atoms with E-state index >= 15 is 0 Å². The maximum absolute atomic E-state index is 11.5. The molecule has 1 heterocycles. The molecule has 0 bridgehead atoms. The largest absolute Gasteiger partial charge is 0.489 e. The van der Waals surface area contributed by atoms with Crippen LogP contribution in [0.1, 0.15) is 26.2 Å². The van der Waals surface area contributed by atoms with Crippen molar-refractivity contribution in [3.05, 3.63) is 24.3 Å². The molecule has 116 valence electrons. The van der Waals surface area contributed by atoms with E-state index in [0.29, 0.717) is 6.61 Å². The monoisotopic (exact) mass is 293 g/mol. The Balaban J connectivity index is 1.94. The molecule has 1 saturated heterocycles. The number of para-hydroxylation sites is 2. The summed E-state index contributed by atoms with van der Waals surface area (Å²) in [5.74, 6) is 0.419. The number of hydrogen-bond donors (Lipinski definition) is 1. The van der Waals surface area contributed by atoms with Crippen molar-refractivity contribution in [3.63, 3.8) is 0 Å². The van der Waals surface area contributed by atoms with E-state index in [0.717, 1.165) is 30.9 Å². The van der Waals surface area contributed by atoms with Gasteiger partial charge in [0, 0.05) is 6.61 Å². The fourth-order valence-electron chi connectivity index (χ4n) is 2.30. The standard InChI is InChI=1S/C16H23NO4/c1-12(16(18)19-2)17-14-8-3-4-9-15(14)21-11-13-7-5-6-10-20-13/h3-4,8-9,12-13,17H,5-7,10-11H2,1-2H3. The number of methoxy groups -OCH3 is 1. The zero-order valence-electron chi connectivity index (χ0n) is 12.6. The van der Waals surface area contributed by atoms with Crippen LogP contribution < -0.4 is 10.1 Å². The summed E-state index contributed by atoms with van der Waals surface area (Å²) in [7, 11) is 1.38. The Kier molecular flexibility index (Phi) is 5.87. The summed E-state index contributed by atoms with van der Waals surface area (Å²) in [6, 6.07) is 7.15. The molecular weight excluding hydrogens is 270 g/mol. The van der Waals surface area contributed by atoms with E-state index in [9.17, 15) is 4.79 Å². The number of rotatable bonds is 6. The predicted molar refractivity (Wildman–Crippen MR) is 80.6 cm³/mol. The van der Waals surface area contributed by atoms with Gasteiger partial charge in [-0.2, -0.15) is 0 Å². The third-order valence-electron chi connectivity index (χ3n) is 3.51. The molecular formula is C16H23NO4. The minimum atomic E-state index is -0.425. The van der Waals surface area contributed by atoms with E-state index in [2.05, 4.69) is 5.32 Å². The van der Waals surface area contributed by atoms with Crippen molar-refractivity contribution in [1.29, 1.82) is 0 Å². The van der Waals surface area contributed by atoms with Gasteiger partial charge < -0.3 is 19.5 Å². The Labute approximate surface area is 125 Å². The third kappa shape index (κ3) is 4.63. The van der Waals surface area contributed by atoms with E-state index in [4.69, 9.17) is 14.2 Å². The number of benzene rings is 1. The lowest BCUT2D eigenvalue weighted by atomic mass is 10.1. The van der Waals surface area contributed by atoms with Gasteiger partial charge in [0.2, 0.25) is 0 Å². The Morgan fingerprint density at radius 2 is 2.24 bits per heavy atom. The van der Waals surface area contributed by atoms with Gasteiger partial charge in [-0.1, -0.05) is 12.1 Å². The number of anilines is 1. The molecule has 0 aliphatic carbocycles. The SMILES string of the molecule is COC(=O)C(C)Nc1ccccc1OCC1CCCCO1. The Bertz CT molecular complexity index is 457. The molecule has 1 N–H and O–H groups in total. The van der Waals surface area contributed by atoms with Crippen molar-refractivity contribution in [2.75, 3.05) is 25.6 Å². The normalized spacial score (nSPS) is 19.6. The van der Waals surface area contributed by atoms with Gasteiger partial charge in [-0.05, 0) is 38.3 Å². The molecule has 0 radical (unpaired) electrons. The molecule has 0 saturated carbocycles. The van der Waals surface area contributed by atoms with Gasteiger partial charge in [0.1, 0.15) is 18.4 Å². The molecule has 2 unspecified atom stereocenters. The molecule has 0 amide bonds. The average Bonchev–Trinajstić information content (AvgIpc) is 2.54. The highest BCUT2D eigenvalue weighted by Crippen LogP contribution is 2.25. The molecule has 1 aromatic carbocycles. The van der Waals surface area contributed by atoms with Gasteiger partial charge in [0.25, 0.3) is 0 Å². The molecule has 1 aliphatic rings. The van der Waals surface area contributed by atoms with E-state index in [1.807, 2.05) is 24.3 Å². The summed E-state index contributed by atoms with van der Waals surface area (Å²) in [5.41, 5.74) is 0.784. The van der Waals surface area contributed by atoms with Crippen LogP contribution in [0.2, 0.25) is 0 Å². The number of carbonyl (C=O) groups excluding carboxylic acids is 1. The molecule has 0 spiro atoms. The topological polar surface area (TPSA) is 56.8 Å². The van der Waals surface area contributed by atoms with E-state index in [1.165, 1.54) is 13.5 Å². The lowest BCUT2D eigenvalue weighted by Gasteiger charge is -2.23. The van der Waals surface area contributed by atoms with Crippen LogP contribution in [0.15, 0.2) is 24.3 Å². The third-order valence-corrected chi connectivity index (χ3v) is 3.51. The van der Waals surface area contributed by atoms with Gasteiger partial charge in [0.15, 0.2) is 0 Å². The van der Waals surface area contributed by atoms with Crippen molar-refractivity contribution in [1.82, 2.24) is 0 Å². The summed E-state index contributed by atoms with van der Waals surface area (Å²) in [6.07, 6.45) is 3.51. The predicted octanol–water partition coefficient (Wildman–Crippen LogP) is 2.61. The summed E-state index contributed by atoms with van der Waals surface area (Å²) in [6.45, 7) is 3.10. The summed E-state index contributed by atoms with van der Waals surface area (Å²) >= 11 is 0. The van der Waals surface area contributed by atoms with E-state index in [-0.39, 0.29) is 12.1 Å². The van der Waals surface area contributed by atoms with Gasteiger partial charge in [-0.15, -0.1) is 0 Å². The van der Waals surface area contributed by atoms with Gasteiger partial charge in [0.05, 0.1) is 18.9 Å². The Morgan fingerprint density at radius 1 is 1.43 bits per heavy atom. The number of carbonyl (C=O) groups is 1. The summed E-state index contributed by atoms with van der Waals surface area (Å²) < 4.78 is 16.2. The summed E-state index contributed by atoms with van der Waals surface area (Å²) in [4.78, 5) is 11.5. The number of hydrogen-bond acceptors (Lipinski definition) is 5. The van der Waals surface area contributed by atoms with Gasteiger partial charge in [-0.25, -0.2) is 4.79 Å². The first kappa shape index (κ1) is 15.6.